The maximum atomic E-state index is 12.2. The lowest BCUT2D eigenvalue weighted by Crippen LogP contribution is -2.50. The lowest BCUT2D eigenvalue weighted by Gasteiger charge is -2.44. The zero-order valence-corrected chi connectivity index (χ0v) is 11.7. The average molecular weight is 262 g/mol. The third-order valence-electron chi connectivity index (χ3n) is 5.00. The minimum atomic E-state index is -0.511. The molecule has 1 heterocycles. The van der Waals surface area contributed by atoms with E-state index in [0.29, 0.717) is 12.1 Å². The summed E-state index contributed by atoms with van der Waals surface area (Å²) in [6, 6.07) is 1.88. The van der Waals surface area contributed by atoms with Crippen LogP contribution >= 0.6 is 0 Å². The Hall–Kier alpha value is -1.29. The molecular formula is C15H22N2O2. The summed E-state index contributed by atoms with van der Waals surface area (Å²) in [6.45, 7) is 4.46. The SMILES string of the molecule is Cc1cc(C(=O)NCC2(C3(O)CCC3)CC2)c(C)[nH]1. The Morgan fingerprint density at radius 3 is 2.47 bits per heavy atom. The molecule has 0 radical (unpaired) electrons. The van der Waals surface area contributed by atoms with E-state index in [1.807, 2.05) is 19.9 Å². The van der Waals surface area contributed by atoms with Gasteiger partial charge in [-0.15, -0.1) is 0 Å². The number of H-pyrrole nitrogens is 1. The maximum Gasteiger partial charge on any atom is 0.253 e. The Morgan fingerprint density at radius 1 is 1.37 bits per heavy atom. The van der Waals surface area contributed by atoms with Crippen molar-refractivity contribution in [3.05, 3.63) is 23.0 Å². The lowest BCUT2D eigenvalue weighted by atomic mass is 9.69. The molecule has 19 heavy (non-hydrogen) atoms. The van der Waals surface area contributed by atoms with Gasteiger partial charge in [0.05, 0.1) is 11.2 Å². The van der Waals surface area contributed by atoms with Crippen molar-refractivity contribution in [1.82, 2.24) is 10.3 Å². The first-order valence-corrected chi connectivity index (χ1v) is 7.13. The van der Waals surface area contributed by atoms with E-state index in [2.05, 4.69) is 10.3 Å². The highest BCUT2D eigenvalue weighted by molar-refractivity contribution is 5.95. The molecule has 3 N–H and O–H groups in total. The molecule has 0 bridgehead atoms. The van der Waals surface area contributed by atoms with Gasteiger partial charge < -0.3 is 15.4 Å². The van der Waals surface area contributed by atoms with Crippen LogP contribution in [-0.2, 0) is 0 Å². The highest BCUT2D eigenvalue weighted by Gasteiger charge is 2.60. The fourth-order valence-corrected chi connectivity index (χ4v) is 3.30. The summed E-state index contributed by atoms with van der Waals surface area (Å²) in [6.07, 6.45) is 4.97. The number of carbonyl (C=O) groups excluding carboxylic acids is 1. The van der Waals surface area contributed by atoms with E-state index in [1.165, 1.54) is 0 Å². The Balaban J connectivity index is 1.64. The van der Waals surface area contributed by atoms with E-state index in [0.717, 1.165) is 43.5 Å². The Kier molecular flexibility index (Phi) is 2.75. The summed E-state index contributed by atoms with van der Waals surface area (Å²) in [4.78, 5) is 15.3. The molecule has 104 valence electrons. The van der Waals surface area contributed by atoms with Gasteiger partial charge in [-0.1, -0.05) is 0 Å². The van der Waals surface area contributed by atoms with Gasteiger partial charge in [-0.2, -0.15) is 0 Å². The van der Waals surface area contributed by atoms with Gasteiger partial charge in [-0.05, 0) is 52.0 Å². The Labute approximate surface area is 113 Å². The standard InChI is InChI=1S/C15H22N2O2/c1-10-8-12(11(2)17-10)13(18)16-9-14(6-7-14)15(19)4-3-5-15/h8,17,19H,3-7,9H2,1-2H3,(H,16,18). The van der Waals surface area contributed by atoms with E-state index in [-0.39, 0.29) is 11.3 Å². The maximum absolute atomic E-state index is 12.2. The van der Waals surface area contributed by atoms with Crippen molar-refractivity contribution in [1.29, 1.82) is 0 Å². The number of aryl methyl sites for hydroxylation is 2. The van der Waals surface area contributed by atoms with Gasteiger partial charge in [0, 0.05) is 23.3 Å². The van der Waals surface area contributed by atoms with Crippen molar-refractivity contribution in [2.75, 3.05) is 6.54 Å². The predicted octanol–water partition coefficient (Wildman–Crippen LogP) is 2.06. The molecule has 3 rings (SSSR count). The first-order chi connectivity index (χ1) is 8.96. The molecule has 0 aromatic carbocycles. The number of hydrogen-bond acceptors (Lipinski definition) is 2. The van der Waals surface area contributed by atoms with E-state index in [9.17, 15) is 9.90 Å². The number of amides is 1. The van der Waals surface area contributed by atoms with Crippen LogP contribution in [0.25, 0.3) is 0 Å². The van der Waals surface area contributed by atoms with E-state index in [4.69, 9.17) is 0 Å². The van der Waals surface area contributed by atoms with Crippen molar-refractivity contribution >= 4 is 5.91 Å². The van der Waals surface area contributed by atoms with Gasteiger partial charge in [0.1, 0.15) is 0 Å². The van der Waals surface area contributed by atoms with Crippen LogP contribution in [-0.4, -0.2) is 28.1 Å². The molecule has 1 aromatic heterocycles. The van der Waals surface area contributed by atoms with Crippen LogP contribution in [0.2, 0.25) is 0 Å². The summed E-state index contributed by atoms with van der Waals surface area (Å²) in [5, 5.41) is 13.5. The molecule has 2 fully saturated rings. The Bertz CT molecular complexity index is 510. The molecule has 2 aliphatic rings. The van der Waals surface area contributed by atoms with Gasteiger partial charge in [0.2, 0.25) is 0 Å². The monoisotopic (exact) mass is 262 g/mol. The molecule has 0 unspecified atom stereocenters. The van der Waals surface area contributed by atoms with Gasteiger partial charge >= 0.3 is 0 Å². The van der Waals surface area contributed by atoms with E-state index >= 15 is 0 Å². The van der Waals surface area contributed by atoms with Crippen LogP contribution in [0.1, 0.15) is 53.8 Å². The molecule has 0 aliphatic heterocycles. The van der Waals surface area contributed by atoms with Crippen LogP contribution in [0.3, 0.4) is 0 Å². The van der Waals surface area contributed by atoms with Crippen molar-refractivity contribution in [2.24, 2.45) is 5.41 Å². The molecule has 0 saturated heterocycles. The van der Waals surface area contributed by atoms with Crippen LogP contribution in [0, 0.1) is 19.3 Å². The zero-order chi connectivity index (χ0) is 13.7. The molecule has 1 aromatic rings. The van der Waals surface area contributed by atoms with Crippen LogP contribution in [0.4, 0.5) is 0 Å². The summed E-state index contributed by atoms with van der Waals surface area (Å²) in [5.41, 5.74) is 2.07. The molecule has 1 amide bonds. The number of nitrogens with one attached hydrogen (secondary N) is 2. The summed E-state index contributed by atoms with van der Waals surface area (Å²) in [5.74, 6) is -0.0314. The predicted molar refractivity (Wildman–Crippen MR) is 73.1 cm³/mol. The van der Waals surface area contributed by atoms with Crippen molar-refractivity contribution in [3.8, 4) is 0 Å². The highest BCUT2D eigenvalue weighted by Crippen LogP contribution is 2.60. The number of hydrogen-bond donors (Lipinski definition) is 3. The van der Waals surface area contributed by atoms with E-state index < -0.39 is 5.60 Å². The van der Waals surface area contributed by atoms with Gasteiger partial charge in [-0.25, -0.2) is 0 Å². The first kappa shape index (κ1) is 12.7. The minimum absolute atomic E-state index is 0.0314. The Morgan fingerprint density at radius 2 is 2.05 bits per heavy atom. The molecule has 4 heteroatoms. The highest BCUT2D eigenvalue weighted by atomic mass is 16.3. The van der Waals surface area contributed by atoms with Crippen molar-refractivity contribution < 1.29 is 9.90 Å². The second kappa shape index (κ2) is 4.10. The average Bonchev–Trinajstić information content (AvgIpc) is 3.04. The summed E-state index contributed by atoms with van der Waals surface area (Å²) in [7, 11) is 0. The van der Waals surface area contributed by atoms with E-state index in [1.54, 1.807) is 0 Å². The second-order valence-electron chi connectivity index (χ2n) is 6.34. The van der Waals surface area contributed by atoms with Gasteiger partial charge in [0.15, 0.2) is 0 Å². The van der Waals surface area contributed by atoms with Crippen LogP contribution < -0.4 is 5.32 Å². The molecule has 2 saturated carbocycles. The normalized spacial score (nSPS) is 22.7. The van der Waals surface area contributed by atoms with Crippen molar-refractivity contribution in [3.63, 3.8) is 0 Å². The number of carbonyl (C=O) groups is 1. The smallest absolute Gasteiger partial charge is 0.253 e. The summed E-state index contributed by atoms with van der Waals surface area (Å²) >= 11 is 0. The number of aromatic nitrogens is 1. The largest absolute Gasteiger partial charge is 0.389 e. The topological polar surface area (TPSA) is 65.1 Å². The number of rotatable bonds is 4. The second-order valence-corrected chi connectivity index (χ2v) is 6.34. The minimum Gasteiger partial charge on any atom is -0.389 e. The summed E-state index contributed by atoms with van der Waals surface area (Å²) < 4.78 is 0. The zero-order valence-electron chi connectivity index (χ0n) is 11.7. The first-order valence-electron chi connectivity index (χ1n) is 7.13. The lowest BCUT2D eigenvalue weighted by molar-refractivity contribution is -0.0947. The molecule has 2 aliphatic carbocycles. The van der Waals surface area contributed by atoms with Gasteiger partial charge in [0.25, 0.3) is 5.91 Å². The third kappa shape index (κ3) is 1.98. The molecule has 0 spiro atoms. The fourth-order valence-electron chi connectivity index (χ4n) is 3.30. The number of aromatic amines is 1. The van der Waals surface area contributed by atoms with Crippen molar-refractivity contribution in [2.45, 2.75) is 51.6 Å². The molecular weight excluding hydrogens is 240 g/mol. The van der Waals surface area contributed by atoms with Crippen LogP contribution in [0.15, 0.2) is 6.07 Å². The third-order valence-corrected chi connectivity index (χ3v) is 5.00. The van der Waals surface area contributed by atoms with Crippen LogP contribution in [0.5, 0.6) is 0 Å². The fraction of sp³-hybridized carbons (Fsp3) is 0.667. The molecule has 0 atom stereocenters. The number of aliphatic hydroxyl groups is 1. The van der Waals surface area contributed by atoms with Gasteiger partial charge in [-0.3, -0.25) is 4.79 Å². The molecule has 4 nitrogen and oxygen atoms in total. The quantitative estimate of drug-likeness (QED) is 0.777.